The van der Waals surface area contributed by atoms with Gasteiger partial charge in [-0.2, -0.15) is 0 Å². The molecule has 11 heavy (non-hydrogen) atoms. The normalized spacial score (nSPS) is 22.2. The molecule has 2 nitrogen and oxygen atoms in total. The van der Waals surface area contributed by atoms with Gasteiger partial charge in [-0.3, -0.25) is 10.5 Å². The summed E-state index contributed by atoms with van der Waals surface area (Å²) < 4.78 is 0. The van der Waals surface area contributed by atoms with E-state index in [1.807, 2.05) is 0 Å². The summed E-state index contributed by atoms with van der Waals surface area (Å²) in [6.07, 6.45) is 8.04. The third-order valence-electron chi connectivity index (χ3n) is 2.48. The molecule has 0 aromatic heterocycles. The van der Waals surface area contributed by atoms with E-state index in [0.717, 1.165) is 25.7 Å². The maximum atomic E-state index is 10.7. The van der Waals surface area contributed by atoms with E-state index < -0.39 is 0 Å². The smallest absolute Gasteiger partial charge is 0.241 e. The van der Waals surface area contributed by atoms with Gasteiger partial charge < -0.3 is 0 Å². The molecule has 0 unspecified atom stereocenters. The monoisotopic (exact) mass is 154 g/mol. The summed E-state index contributed by atoms with van der Waals surface area (Å²) in [4.78, 5) is 10.7. The Hall–Kier alpha value is -0.530. The van der Waals surface area contributed by atoms with E-state index >= 15 is 0 Å². The van der Waals surface area contributed by atoms with Crippen molar-refractivity contribution in [3.63, 3.8) is 0 Å². The van der Waals surface area contributed by atoms with Crippen LogP contribution in [0.5, 0.6) is 0 Å². The predicted octanol–water partition coefficient (Wildman–Crippen LogP) is 2.16. The van der Waals surface area contributed by atoms with E-state index in [1.165, 1.54) is 19.3 Å². The zero-order chi connectivity index (χ0) is 8.10. The summed E-state index contributed by atoms with van der Waals surface area (Å²) in [6, 6.07) is 0. The molecule has 0 saturated heterocycles. The van der Waals surface area contributed by atoms with Crippen molar-refractivity contribution in [2.24, 2.45) is 5.92 Å². The van der Waals surface area contributed by atoms with Crippen LogP contribution in [0.3, 0.4) is 0 Å². The van der Waals surface area contributed by atoms with E-state index in [-0.39, 0.29) is 11.8 Å². The molecule has 0 aromatic rings. The minimum atomic E-state index is -0.341. The van der Waals surface area contributed by atoms with Crippen molar-refractivity contribution >= 4 is 5.91 Å². The van der Waals surface area contributed by atoms with E-state index in [2.05, 4.69) is 0 Å². The highest BCUT2D eigenvalue weighted by molar-refractivity contribution is 5.75. The number of amides is 1. The number of nitrogens with one attached hydrogen (secondary N) is 1. The summed E-state index contributed by atoms with van der Waals surface area (Å²) in [6.45, 7) is 0. The predicted molar refractivity (Wildman–Crippen MR) is 43.9 cm³/mol. The van der Waals surface area contributed by atoms with Crippen LogP contribution in [0, 0.1) is 5.92 Å². The fraction of sp³-hybridized carbons (Fsp3) is 0.889. The molecular weight excluding hydrogens is 138 g/mol. The van der Waals surface area contributed by atoms with Crippen molar-refractivity contribution in [1.29, 1.82) is 0 Å². The first-order valence-electron chi connectivity index (χ1n) is 4.56. The summed E-state index contributed by atoms with van der Waals surface area (Å²) >= 11 is 0. The summed E-state index contributed by atoms with van der Waals surface area (Å²) in [5.74, 6) is -0.276. The Labute approximate surface area is 68.2 Å². The molecule has 2 heteroatoms. The van der Waals surface area contributed by atoms with Gasteiger partial charge in [0.15, 0.2) is 0 Å². The molecule has 0 heterocycles. The van der Waals surface area contributed by atoms with Crippen molar-refractivity contribution in [3.05, 3.63) is 0 Å². The van der Waals surface area contributed by atoms with Crippen molar-refractivity contribution < 1.29 is 4.79 Å². The van der Waals surface area contributed by atoms with E-state index in [9.17, 15) is 4.79 Å². The molecule has 0 bridgehead atoms. The van der Waals surface area contributed by atoms with Crippen LogP contribution < -0.4 is 5.73 Å². The van der Waals surface area contributed by atoms with Crippen LogP contribution in [0.15, 0.2) is 0 Å². The van der Waals surface area contributed by atoms with E-state index in [4.69, 9.17) is 5.73 Å². The molecule has 1 aliphatic carbocycles. The van der Waals surface area contributed by atoms with Crippen LogP contribution in [-0.4, -0.2) is 5.91 Å². The largest absolute Gasteiger partial charge is 0.273 e. The van der Waals surface area contributed by atoms with Gasteiger partial charge in [-0.15, -0.1) is 0 Å². The number of hydrogen-bond donors (Lipinski definition) is 0. The van der Waals surface area contributed by atoms with Crippen LogP contribution in [0.2, 0.25) is 0 Å². The first-order valence-corrected chi connectivity index (χ1v) is 4.56. The molecule has 1 N–H and O–H groups in total. The number of carbonyl (C=O) groups excluding carboxylic acids is 1. The van der Waals surface area contributed by atoms with Crippen LogP contribution in [0.1, 0.15) is 44.9 Å². The second kappa shape index (κ2) is 4.37. The number of rotatable bonds is 1. The fourth-order valence-electron chi connectivity index (χ4n) is 1.72. The zero-order valence-electron chi connectivity index (χ0n) is 6.94. The Balaban J connectivity index is 2.32. The molecule has 1 rings (SSSR count). The Morgan fingerprint density at radius 2 is 1.45 bits per heavy atom. The molecule has 1 fully saturated rings. The molecule has 1 amide bonds. The minimum Gasteiger partial charge on any atom is -0.273 e. The lowest BCUT2D eigenvalue weighted by Crippen LogP contribution is -2.16. The Morgan fingerprint density at radius 1 is 1.00 bits per heavy atom. The average molecular weight is 154 g/mol. The minimum absolute atomic E-state index is 0.0651. The third-order valence-corrected chi connectivity index (χ3v) is 2.48. The average Bonchev–Trinajstić information content (AvgIpc) is 1.84. The molecule has 1 aliphatic rings. The molecule has 0 atom stereocenters. The highest BCUT2D eigenvalue weighted by Gasteiger charge is 2.16. The van der Waals surface area contributed by atoms with Gasteiger partial charge >= 0.3 is 0 Å². The highest BCUT2D eigenvalue weighted by atomic mass is 16.1. The lowest BCUT2D eigenvalue weighted by molar-refractivity contribution is -0.123. The first kappa shape index (κ1) is 8.57. The van der Waals surface area contributed by atoms with Crippen molar-refractivity contribution in [2.45, 2.75) is 44.9 Å². The molecule has 0 aromatic carbocycles. The summed E-state index contributed by atoms with van der Waals surface area (Å²) in [5.41, 5.74) is 7.00. The lowest BCUT2D eigenvalue weighted by Gasteiger charge is -2.15. The third kappa shape index (κ3) is 2.91. The van der Waals surface area contributed by atoms with Crippen LogP contribution in [0.4, 0.5) is 0 Å². The molecule has 1 saturated carbocycles. The summed E-state index contributed by atoms with van der Waals surface area (Å²) in [7, 11) is 0. The van der Waals surface area contributed by atoms with E-state index in [1.54, 1.807) is 0 Å². The quantitative estimate of drug-likeness (QED) is 0.570. The van der Waals surface area contributed by atoms with Crippen LogP contribution in [-0.2, 0) is 4.79 Å². The highest BCUT2D eigenvalue weighted by Crippen LogP contribution is 2.21. The van der Waals surface area contributed by atoms with Gasteiger partial charge in [-0.05, 0) is 12.8 Å². The van der Waals surface area contributed by atoms with Gasteiger partial charge in [-0.25, -0.2) is 0 Å². The van der Waals surface area contributed by atoms with Crippen molar-refractivity contribution in [1.82, 2.24) is 5.73 Å². The Morgan fingerprint density at radius 3 is 1.91 bits per heavy atom. The molecular formula is C9H16NO. The molecule has 63 valence electrons. The van der Waals surface area contributed by atoms with Gasteiger partial charge in [0.2, 0.25) is 5.91 Å². The van der Waals surface area contributed by atoms with Gasteiger partial charge in [0, 0.05) is 5.92 Å². The lowest BCUT2D eigenvalue weighted by atomic mass is 9.91. The summed E-state index contributed by atoms with van der Waals surface area (Å²) in [5, 5.41) is 0. The van der Waals surface area contributed by atoms with Gasteiger partial charge in [0.1, 0.15) is 0 Å². The second-order valence-corrected chi connectivity index (χ2v) is 3.41. The topological polar surface area (TPSA) is 40.9 Å². The molecule has 0 spiro atoms. The van der Waals surface area contributed by atoms with Crippen LogP contribution >= 0.6 is 0 Å². The standard InChI is InChI=1S/C9H16NO/c10-9(11)8-6-4-2-1-3-5-7-8/h8,10H,1-7H2. The van der Waals surface area contributed by atoms with Gasteiger partial charge in [0.25, 0.3) is 0 Å². The Bertz CT molecular complexity index is 126. The first-order chi connectivity index (χ1) is 5.30. The Kier molecular flexibility index (Phi) is 3.40. The number of carbonyl (C=O) groups is 1. The maximum Gasteiger partial charge on any atom is 0.241 e. The van der Waals surface area contributed by atoms with Crippen molar-refractivity contribution in [3.8, 4) is 0 Å². The second-order valence-electron chi connectivity index (χ2n) is 3.41. The SMILES string of the molecule is [NH]C(=O)C1CCCCCCC1. The molecule has 1 radical (unpaired) electrons. The van der Waals surface area contributed by atoms with Crippen LogP contribution in [0.25, 0.3) is 0 Å². The fourth-order valence-corrected chi connectivity index (χ4v) is 1.72. The zero-order valence-corrected chi connectivity index (χ0v) is 6.94. The maximum absolute atomic E-state index is 10.7. The molecule has 0 aliphatic heterocycles. The van der Waals surface area contributed by atoms with Gasteiger partial charge in [0.05, 0.1) is 0 Å². The van der Waals surface area contributed by atoms with Crippen molar-refractivity contribution in [2.75, 3.05) is 0 Å². The van der Waals surface area contributed by atoms with Gasteiger partial charge in [-0.1, -0.05) is 32.1 Å². The van der Waals surface area contributed by atoms with E-state index in [0.29, 0.717) is 0 Å². The number of hydrogen-bond acceptors (Lipinski definition) is 1.